The molecule has 3 heteroatoms. The predicted octanol–water partition coefficient (Wildman–Crippen LogP) is 0.852. The van der Waals surface area contributed by atoms with Crippen LogP contribution < -0.4 is 0 Å². The molecule has 0 radical (unpaired) electrons. The van der Waals surface area contributed by atoms with E-state index < -0.39 is 5.60 Å². The first-order valence-corrected chi connectivity index (χ1v) is 3.10. The van der Waals surface area contributed by atoms with Gasteiger partial charge in [-0.3, -0.25) is 0 Å². The smallest absolute Gasteiger partial charge is 0.350 e. The second kappa shape index (κ2) is 2.33. The van der Waals surface area contributed by atoms with E-state index in [9.17, 15) is 4.79 Å². The Bertz CT molecular complexity index is 164. The molecule has 0 aromatic carbocycles. The summed E-state index contributed by atoms with van der Waals surface area (Å²) < 4.78 is 9.57. The van der Waals surface area contributed by atoms with Crippen LogP contribution in [0.25, 0.3) is 0 Å². The largest absolute Gasteiger partial charge is 0.483 e. The topological polar surface area (TPSA) is 35.5 Å². The zero-order valence-corrected chi connectivity index (χ0v) is 6.09. The molecule has 56 valence electrons. The lowest BCUT2D eigenvalue weighted by molar-refractivity contribution is -0.159. The molecule has 1 aliphatic heterocycles. The van der Waals surface area contributed by atoms with Crippen molar-refractivity contribution >= 4 is 5.97 Å². The minimum atomic E-state index is -0.769. The minimum absolute atomic E-state index is 0.322. The van der Waals surface area contributed by atoms with Crippen molar-refractivity contribution in [3.05, 3.63) is 12.3 Å². The van der Waals surface area contributed by atoms with Crippen molar-refractivity contribution in [2.24, 2.45) is 0 Å². The Morgan fingerprint density at radius 2 is 2.50 bits per heavy atom. The number of carbonyl (C=O) groups is 1. The summed E-state index contributed by atoms with van der Waals surface area (Å²) in [7, 11) is 1.36. The molecule has 0 amide bonds. The number of rotatable bonds is 1. The second-order valence-electron chi connectivity index (χ2n) is 2.42. The SMILES string of the molecule is COC(=O)C1(C)CC=CO1. The lowest BCUT2D eigenvalue weighted by Gasteiger charge is -2.19. The molecule has 0 aliphatic carbocycles. The van der Waals surface area contributed by atoms with E-state index in [1.165, 1.54) is 13.4 Å². The first-order valence-electron chi connectivity index (χ1n) is 3.10. The molecule has 1 atom stereocenters. The summed E-state index contributed by atoms with van der Waals surface area (Å²) in [5, 5.41) is 0. The van der Waals surface area contributed by atoms with Gasteiger partial charge in [0.25, 0.3) is 0 Å². The third-order valence-corrected chi connectivity index (χ3v) is 1.55. The predicted molar refractivity (Wildman–Crippen MR) is 35.3 cm³/mol. The minimum Gasteiger partial charge on any atom is -0.483 e. The zero-order chi connectivity index (χ0) is 7.61. The summed E-state index contributed by atoms with van der Waals surface area (Å²) in [5.74, 6) is -0.322. The van der Waals surface area contributed by atoms with Gasteiger partial charge in [-0.1, -0.05) is 0 Å². The molecule has 0 saturated heterocycles. The van der Waals surface area contributed by atoms with Crippen LogP contribution in [0, 0.1) is 0 Å². The van der Waals surface area contributed by atoms with Crippen molar-refractivity contribution in [2.45, 2.75) is 18.9 Å². The van der Waals surface area contributed by atoms with Gasteiger partial charge in [0.05, 0.1) is 13.4 Å². The van der Waals surface area contributed by atoms with Gasteiger partial charge in [0.1, 0.15) is 0 Å². The molecule has 1 heterocycles. The van der Waals surface area contributed by atoms with Gasteiger partial charge in [-0.05, 0) is 13.0 Å². The molecule has 0 bridgehead atoms. The zero-order valence-electron chi connectivity index (χ0n) is 6.09. The van der Waals surface area contributed by atoms with E-state index in [2.05, 4.69) is 4.74 Å². The summed E-state index contributed by atoms with van der Waals surface area (Å²) in [6.45, 7) is 1.71. The Balaban J connectivity index is 2.61. The maximum Gasteiger partial charge on any atom is 0.350 e. The maximum absolute atomic E-state index is 10.9. The molecular weight excluding hydrogens is 132 g/mol. The summed E-state index contributed by atoms with van der Waals surface area (Å²) in [6.07, 6.45) is 3.92. The van der Waals surface area contributed by atoms with Crippen molar-refractivity contribution in [3.63, 3.8) is 0 Å². The van der Waals surface area contributed by atoms with Crippen LogP contribution in [0.15, 0.2) is 12.3 Å². The standard InChI is InChI=1S/C7H10O3/c1-7(6(8)9-2)4-3-5-10-7/h3,5H,4H2,1-2H3. The van der Waals surface area contributed by atoms with Gasteiger partial charge in [-0.25, -0.2) is 4.79 Å². The normalized spacial score (nSPS) is 29.8. The van der Waals surface area contributed by atoms with Crippen molar-refractivity contribution < 1.29 is 14.3 Å². The third-order valence-electron chi connectivity index (χ3n) is 1.55. The molecule has 1 aliphatic rings. The highest BCUT2D eigenvalue weighted by molar-refractivity contribution is 5.79. The van der Waals surface area contributed by atoms with Crippen molar-refractivity contribution in [2.75, 3.05) is 7.11 Å². The average molecular weight is 142 g/mol. The molecule has 0 saturated carbocycles. The Kier molecular flexibility index (Phi) is 1.66. The highest BCUT2D eigenvalue weighted by Gasteiger charge is 2.37. The Morgan fingerprint density at radius 3 is 2.90 bits per heavy atom. The van der Waals surface area contributed by atoms with E-state index in [0.717, 1.165) is 0 Å². The molecule has 3 nitrogen and oxygen atoms in total. The Labute approximate surface area is 59.6 Å². The fraction of sp³-hybridized carbons (Fsp3) is 0.571. The number of methoxy groups -OCH3 is 1. The molecular formula is C7H10O3. The average Bonchev–Trinajstić information content (AvgIpc) is 2.36. The van der Waals surface area contributed by atoms with Crippen LogP contribution in [-0.4, -0.2) is 18.7 Å². The number of ether oxygens (including phenoxy) is 2. The molecule has 0 N–H and O–H groups in total. The maximum atomic E-state index is 10.9. The Hall–Kier alpha value is -0.990. The van der Waals surface area contributed by atoms with Crippen LogP contribution in [0.1, 0.15) is 13.3 Å². The highest BCUT2D eigenvalue weighted by atomic mass is 16.6. The van der Waals surface area contributed by atoms with Crippen LogP contribution in [0.4, 0.5) is 0 Å². The van der Waals surface area contributed by atoms with Gasteiger partial charge in [0, 0.05) is 6.42 Å². The van der Waals surface area contributed by atoms with E-state index in [-0.39, 0.29) is 5.97 Å². The van der Waals surface area contributed by atoms with Gasteiger partial charge >= 0.3 is 5.97 Å². The number of hydrogen-bond acceptors (Lipinski definition) is 3. The lowest BCUT2D eigenvalue weighted by Crippen LogP contribution is -2.35. The van der Waals surface area contributed by atoms with Crippen LogP contribution in [0.3, 0.4) is 0 Å². The molecule has 10 heavy (non-hydrogen) atoms. The summed E-state index contributed by atoms with van der Waals surface area (Å²) in [6, 6.07) is 0. The highest BCUT2D eigenvalue weighted by Crippen LogP contribution is 2.23. The molecule has 1 unspecified atom stereocenters. The van der Waals surface area contributed by atoms with Crippen molar-refractivity contribution in [3.8, 4) is 0 Å². The molecule has 0 aromatic heterocycles. The van der Waals surface area contributed by atoms with Gasteiger partial charge in [0.15, 0.2) is 0 Å². The number of esters is 1. The first kappa shape index (κ1) is 7.12. The fourth-order valence-electron chi connectivity index (χ4n) is 0.867. The third kappa shape index (κ3) is 0.988. The van der Waals surface area contributed by atoms with Crippen LogP contribution in [0.5, 0.6) is 0 Å². The van der Waals surface area contributed by atoms with Crippen LogP contribution >= 0.6 is 0 Å². The van der Waals surface area contributed by atoms with Crippen LogP contribution in [0.2, 0.25) is 0 Å². The van der Waals surface area contributed by atoms with Crippen LogP contribution in [-0.2, 0) is 14.3 Å². The van der Waals surface area contributed by atoms with E-state index in [0.29, 0.717) is 6.42 Å². The van der Waals surface area contributed by atoms with Gasteiger partial charge in [-0.2, -0.15) is 0 Å². The van der Waals surface area contributed by atoms with E-state index in [1.807, 2.05) is 0 Å². The van der Waals surface area contributed by atoms with Gasteiger partial charge < -0.3 is 9.47 Å². The molecule has 0 spiro atoms. The summed E-state index contributed by atoms with van der Waals surface area (Å²) >= 11 is 0. The second-order valence-corrected chi connectivity index (χ2v) is 2.42. The quantitative estimate of drug-likeness (QED) is 0.509. The van der Waals surface area contributed by atoms with E-state index >= 15 is 0 Å². The van der Waals surface area contributed by atoms with Gasteiger partial charge in [-0.15, -0.1) is 0 Å². The first-order chi connectivity index (χ1) is 4.69. The fourth-order valence-corrected chi connectivity index (χ4v) is 0.867. The Morgan fingerprint density at radius 1 is 1.80 bits per heavy atom. The molecule has 0 aromatic rings. The number of hydrogen-bond donors (Lipinski definition) is 0. The van der Waals surface area contributed by atoms with E-state index in [1.54, 1.807) is 13.0 Å². The number of carbonyl (C=O) groups excluding carboxylic acids is 1. The van der Waals surface area contributed by atoms with Crippen molar-refractivity contribution in [1.82, 2.24) is 0 Å². The van der Waals surface area contributed by atoms with Crippen molar-refractivity contribution in [1.29, 1.82) is 0 Å². The summed E-state index contributed by atoms with van der Waals surface area (Å²) in [4.78, 5) is 10.9. The lowest BCUT2D eigenvalue weighted by atomic mass is 10.1. The van der Waals surface area contributed by atoms with Gasteiger partial charge in [0.2, 0.25) is 5.60 Å². The molecule has 0 fully saturated rings. The summed E-state index contributed by atoms with van der Waals surface area (Å²) in [5.41, 5.74) is -0.769. The van der Waals surface area contributed by atoms with E-state index in [4.69, 9.17) is 4.74 Å². The molecule has 1 rings (SSSR count). The monoisotopic (exact) mass is 142 g/mol.